The normalized spacial score (nSPS) is 12.6. The number of hydrogen-bond donors (Lipinski definition) is 1. The predicted molar refractivity (Wildman–Crippen MR) is 70.1 cm³/mol. The minimum Gasteiger partial charge on any atom is -0.386 e. The summed E-state index contributed by atoms with van der Waals surface area (Å²) in [6.07, 6.45) is 1.69. The van der Waals surface area contributed by atoms with Crippen molar-refractivity contribution < 1.29 is 9.50 Å². The van der Waals surface area contributed by atoms with E-state index >= 15 is 0 Å². The lowest BCUT2D eigenvalue weighted by molar-refractivity contribution is 0.165. The van der Waals surface area contributed by atoms with E-state index in [-0.39, 0.29) is 5.69 Å². The molecule has 0 saturated heterocycles. The van der Waals surface area contributed by atoms with Gasteiger partial charge in [0.05, 0.1) is 5.69 Å². The number of aliphatic hydroxyl groups is 1. The molecule has 5 heteroatoms. The van der Waals surface area contributed by atoms with Gasteiger partial charge in [0, 0.05) is 24.9 Å². The molecule has 0 aliphatic heterocycles. The second-order valence-corrected chi connectivity index (χ2v) is 4.39. The lowest BCUT2D eigenvalue weighted by Gasteiger charge is -2.11. The van der Waals surface area contributed by atoms with Gasteiger partial charge in [0.2, 0.25) is 0 Å². The highest BCUT2D eigenvalue weighted by Gasteiger charge is 2.17. The number of hydrogen-bond acceptors (Lipinski definition) is 3. The monoisotopic (exact) mass is 263 g/mol. The molecule has 0 radical (unpaired) electrons. The Kier molecular flexibility index (Phi) is 4.27. The molecule has 4 nitrogen and oxygen atoms in total. The maximum Gasteiger partial charge on any atom is 0.147 e. The predicted octanol–water partition coefficient (Wildman–Crippen LogP) is 2.28. The van der Waals surface area contributed by atoms with Gasteiger partial charge in [-0.1, -0.05) is 6.92 Å². The molecule has 0 aliphatic rings. The quantitative estimate of drug-likeness (QED) is 0.900. The van der Waals surface area contributed by atoms with Crippen LogP contribution >= 0.6 is 0 Å². The first-order chi connectivity index (χ1) is 9.15. The van der Waals surface area contributed by atoms with Crippen LogP contribution in [-0.4, -0.2) is 19.9 Å². The van der Waals surface area contributed by atoms with Crippen molar-refractivity contribution in [3.05, 3.63) is 47.3 Å². The van der Waals surface area contributed by atoms with Crippen LogP contribution < -0.4 is 0 Å². The van der Waals surface area contributed by atoms with Crippen molar-refractivity contribution in [3.63, 3.8) is 0 Å². The molecule has 19 heavy (non-hydrogen) atoms. The van der Waals surface area contributed by atoms with Gasteiger partial charge in [-0.05, 0) is 31.5 Å². The number of halogens is 1. The zero-order valence-corrected chi connectivity index (χ0v) is 11.2. The Bertz CT molecular complexity index is 553. The zero-order chi connectivity index (χ0) is 13.8. The Morgan fingerprint density at radius 3 is 2.84 bits per heavy atom. The van der Waals surface area contributed by atoms with Crippen LogP contribution in [0.4, 0.5) is 4.39 Å². The largest absolute Gasteiger partial charge is 0.386 e. The number of rotatable bonds is 5. The fourth-order valence-electron chi connectivity index (χ4n) is 2.06. The summed E-state index contributed by atoms with van der Waals surface area (Å²) in [5.41, 5.74) is 1.96. The SMILES string of the molecule is CCc1cc(CC(O)c2ncccc2F)n(CC)n1. The molecule has 102 valence electrons. The van der Waals surface area contributed by atoms with Gasteiger partial charge >= 0.3 is 0 Å². The summed E-state index contributed by atoms with van der Waals surface area (Å²) < 4.78 is 15.4. The van der Waals surface area contributed by atoms with Gasteiger partial charge in [-0.2, -0.15) is 5.10 Å². The number of nitrogens with zero attached hydrogens (tertiary/aromatic N) is 3. The van der Waals surface area contributed by atoms with Crippen LogP contribution in [0.2, 0.25) is 0 Å². The highest BCUT2D eigenvalue weighted by Crippen LogP contribution is 2.19. The molecule has 0 bridgehead atoms. The summed E-state index contributed by atoms with van der Waals surface area (Å²) in [6, 6.07) is 4.77. The van der Waals surface area contributed by atoms with E-state index in [0.717, 1.165) is 24.4 Å². The Morgan fingerprint density at radius 2 is 2.21 bits per heavy atom. The number of aryl methyl sites for hydroxylation is 2. The summed E-state index contributed by atoms with van der Waals surface area (Å²) in [5.74, 6) is -0.478. The van der Waals surface area contributed by atoms with Gasteiger partial charge in [0.25, 0.3) is 0 Å². The Hall–Kier alpha value is -1.75. The third-order valence-corrected chi connectivity index (χ3v) is 3.08. The van der Waals surface area contributed by atoms with E-state index in [9.17, 15) is 9.50 Å². The van der Waals surface area contributed by atoms with Gasteiger partial charge < -0.3 is 5.11 Å². The molecule has 0 aliphatic carbocycles. The van der Waals surface area contributed by atoms with Crippen molar-refractivity contribution in [2.45, 2.75) is 39.3 Å². The number of aromatic nitrogens is 3. The Balaban J connectivity index is 2.21. The minimum atomic E-state index is -0.951. The summed E-state index contributed by atoms with van der Waals surface area (Å²) in [6.45, 7) is 4.75. The first-order valence-corrected chi connectivity index (χ1v) is 6.49. The molecule has 1 atom stereocenters. The summed E-state index contributed by atoms with van der Waals surface area (Å²) >= 11 is 0. The molecule has 1 N–H and O–H groups in total. The summed E-state index contributed by atoms with van der Waals surface area (Å²) in [5, 5.41) is 14.5. The first-order valence-electron chi connectivity index (χ1n) is 6.49. The average Bonchev–Trinajstić information content (AvgIpc) is 2.81. The lowest BCUT2D eigenvalue weighted by Crippen LogP contribution is -2.11. The molecule has 1 unspecified atom stereocenters. The molecule has 2 aromatic heterocycles. The molecular formula is C14H18FN3O. The highest BCUT2D eigenvalue weighted by molar-refractivity contribution is 5.16. The third kappa shape index (κ3) is 2.98. The van der Waals surface area contributed by atoms with Crippen LogP contribution in [0.25, 0.3) is 0 Å². The molecule has 0 aromatic carbocycles. The van der Waals surface area contributed by atoms with Gasteiger partial charge in [-0.25, -0.2) is 4.39 Å². The molecule has 0 fully saturated rings. The van der Waals surface area contributed by atoms with Crippen molar-refractivity contribution in [2.75, 3.05) is 0 Å². The molecule has 2 heterocycles. The van der Waals surface area contributed by atoms with Crippen molar-refractivity contribution in [1.29, 1.82) is 0 Å². The van der Waals surface area contributed by atoms with Crippen LogP contribution in [0.5, 0.6) is 0 Å². The van der Waals surface area contributed by atoms with E-state index in [1.54, 1.807) is 0 Å². The van der Waals surface area contributed by atoms with Crippen molar-refractivity contribution >= 4 is 0 Å². The van der Waals surface area contributed by atoms with Gasteiger partial charge in [-0.3, -0.25) is 9.67 Å². The summed E-state index contributed by atoms with van der Waals surface area (Å²) in [7, 11) is 0. The standard InChI is InChI=1S/C14H18FN3O/c1-3-10-8-11(18(4-2)17-10)9-13(19)14-12(15)6-5-7-16-14/h5-8,13,19H,3-4,9H2,1-2H3. The topological polar surface area (TPSA) is 50.9 Å². The van der Waals surface area contributed by atoms with E-state index in [2.05, 4.69) is 10.1 Å². The van der Waals surface area contributed by atoms with Crippen LogP contribution in [0.15, 0.2) is 24.4 Å². The second kappa shape index (κ2) is 5.93. The maximum atomic E-state index is 13.6. The highest BCUT2D eigenvalue weighted by atomic mass is 19.1. The van der Waals surface area contributed by atoms with Crippen molar-refractivity contribution in [2.24, 2.45) is 0 Å². The zero-order valence-electron chi connectivity index (χ0n) is 11.2. The van der Waals surface area contributed by atoms with Crippen molar-refractivity contribution in [1.82, 2.24) is 14.8 Å². The smallest absolute Gasteiger partial charge is 0.147 e. The fourth-order valence-corrected chi connectivity index (χ4v) is 2.06. The molecule has 2 rings (SSSR count). The fraction of sp³-hybridized carbons (Fsp3) is 0.429. The molecular weight excluding hydrogens is 245 g/mol. The Labute approximate surface area is 111 Å². The maximum absolute atomic E-state index is 13.6. The number of pyridine rings is 1. The van der Waals surface area contributed by atoms with Crippen LogP contribution in [0.1, 0.15) is 37.0 Å². The van der Waals surface area contributed by atoms with E-state index in [1.807, 2.05) is 24.6 Å². The third-order valence-electron chi connectivity index (χ3n) is 3.08. The minimum absolute atomic E-state index is 0.0874. The second-order valence-electron chi connectivity index (χ2n) is 4.39. The first kappa shape index (κ1) is 13.7. The Morgan fingerprint density at radius 1 is 1.42 bits per heavy atom. The summed E-state index contributed by atoms with van der Waals surface area (Å²) in [4.78, 5) is 3.90. The molecule has 0 amide bonds. The van der Waals surface area contributed by atoms with E-state index < -0.39 is 11.9 Å². The van der Waals surface area contributed by atoms with E-state index in [0.29, 0.717) is 6.42 Å². The van der Waals surface area contributed by atoms with Gasteiger partial charge in [0.15, 0.2) is 0 Å². The van der Waals surface area contributed by atoms with E-state index in [4.69, 9.17) is 0 Å². The molecule has 2 aromatic rings. The number of aliphatic hydroxyl groups excluding tert-OH is 1. The molecule has 0 saturated carbocycles. The van der Waals surface area contributed by atoms with Crippen LogP contribution in [0, 0.1) is 5.82 Å². The van der Waals surface area contributed by atoms with Crippen molar-refractivity contribution in [3.8, 4) is 0 Å². The lowest BCUT2D eigenvalue weighted by atomic mass is 10.1. The van der Waals surface area contributed by atoms with Crippen LogP contribution in [-0.2, 0) is 19.4 Å². The average molecular weight is 263 g/mol. The molecule has 0 spiro atoms. The van der Waals surface area contributed by atoms with Gasteiger partial charge in [0.1, 0.15) is 17.6 Å². The van der Waals surface area contributed by atoms with E-state index in [1.165, 1.54) is 18.3 Å². The van der Waals surface area contributed by atoms with Gasteiger partial charge in [-0.15, -0.1) is 0 Å². The van der Waals surface area contributed by atoms with Crippen LogP contribution in [0.3, 0.4) is 0 Å².